The van der Waals surface area contributed by atoms with E-state index in [4.69, 9.17) is 14.7 Å². The molecule has 0 amide bonds. The number of hydrogen-bond donors (Lipinski definition) is 0. The largest absolute Gasteiger partial charge is 0.463 e. The van der Waals surface area contributed by atoms with Crippen molar-refractivity contribution >= 4 is 17.0 Å². The highest BCUT2D eigenvalue weighted by Gasteiger charge is 2.31. The van der Waals surface area contributed by atoms with Crippen LogP contribution in [0.4, 0.5) is 0 Å². The molecule has 3 heterocycles. The average Bonchev–Trinajstić information content (AvgIpc) is 3.10. The molecule has 10 heteroatoms. The Kier molecular flexibility index (Phi) is 3.79. The van der Waals surface area contributed by atoms with Gasteiger partial charge in [0.1, 0.15) is 12.7 Å². The highest BCUT2D eigenvalue weighted by molar-refractivity contribution is 5.78. The highest BCUT2D eigenvalue weighted by Crippen LogP contribution is 2.25. The van der Waals surface area contributed by atoms with Crippen LogP contribution in [0.5, 0.6) is 0 Å². The van der Waals surface area contributed by atoms with Crippen LogP contribution in [0.15, 0.2) is 4.79 Å². The van der Waals surface area contributed by atoms with E-state index in [0.717, 1.165) is 4.68 Å². The molecule has 3 rings (SSSR count). The minimum Gasteiger partial charge on any atom is -0.463 e. The zero-order chi connectivity index (χ0) is 16.6. The van der Waals surface area contributed by atoms with E-state index in [-0.39, 0.29) is 23.3 Å². The van der Waals surface area contributed by atoms with Crippen LogP contribution in [0, 0.1) is 24.2 Å². The van der Waals surface area contributed by atoms with Crippen molar-refractivity contribution in [2.45, 2.75) is 19.3 Å². The minimum absolute atomic E-state index is 0.0369. The van der Waals surface area contributed by atoms with Gasteiger partial charge in [0.15, 0.2) is 23.0 Å². The number of esters is 1. The third kappa shape index (κ3) is 2.66. The quantitative estimate of drug-likeness (QED) is 0.678. The number of rotatable bonds is 3. The normalized spacial score (nSPS) is 20.6. The number of aromatic nitrogens is 5. The molecule has 0 saturated carbocycles. The van der Waals surface area contributed by atoms with Crippen molar-refractivity contribution in [3.05, 3.63) is 28.9 Å². The van der Waals surface area contributed by atoms with Crippen LogP contribution in [-0.4, -0.2) is 43.5 Å². The molecular formula is C13H12N6O4. The molecule has 118 valence electrons. The first-order valence-electron chi connectivity index (χ1n) is 6.70. The Balaban J connectivity index is 1.89. The van der Waals surface area contributed by atoms with Gasteiger partial charge in [0, 0.05) is 26.8 Å². The molecule has 1 aliphatic heterocycles. The van der Waals surface area contributed by atoms with E-state index in [9.17, 15) is 9.59 Å². The van der Waals surface area contributed by atoms with E-state index in [1.165, 1.54) is 11.6 Å². The number of nitrogens with zero attached hydrogens (tertiary/aromatic N) is 6. The molecule has 10 nitrogen and oxygen atoms in total. The molecule has 2 aromatic rings. The Bertz CT molecular complexity index is 864. The molecule has 1 aliphatic rings. The van der Waals surface area contributed by atoms with Crippen LogP contribution in [0.1, 0.15) is 18.8 Å². The average molecular weight is 316 g/mol. The first-order chi connectivity index (χ1) is 11.0. The lowest BCUT2D eigenvalue weighted by molar-refractivity contribution is -0.145. The number of carbonyl (C=O) groups is 1. The molecule has 2 atom stereocenters. The summed E-state index contributed by atoms with van der Waals surface area (Å²) in [6.45, 7) is 1.35. The van der Waals surface area contributed by atoms with Crippen LogP contribution in [-0.2, 0) is 21.3 Å². The van der Waals surface area contributed by atoms with Crippen molar-refractivity contribution in [1.82, 2.24) is 24.8 Å². The predicted octanol–water partition coefficient (Wildman–Crippen LogP) is -0.734. The standard InChI is InChI=1S/C13H12N6O4/c1-7(20)22-6-8-3-4-10(23-8)19-13(21)12-11(15-17-19)9(5-14)16-18(12)2/h3-4,8,10H,6H2,1-2H3. The maximum absolute atomic E-state index is 12.5. The summed E-state index contributed by atoms with van der Waals surface area (Å²) >= 11 is 0. The Hall–Kier alpha value is -2.80. The van der Waals surface area contributed by atoms with Gasteiger partial charge >= 0.3 is 5.97 Å². The fourth-order valence-electron chi connectivity index (χ4n) is 2.25. The summed E-state index contributed by atoms with van der Waals surface area (Å²) < 4.78 is 12.8. The lowest BCUT2D eigenvalue weighted by Gasteiger charge is -2.14. The summed E-state index contributed by atoms with van der Waals surface area (Å²) in [6, 6.07) is 1.87. The van der Waals surface area contributed by atoms with Gasteiger partial charge in [0.05, 0.1) is 6.10 Å². The van der Waals surface area contributed by atoms with E-state index in [1.54, 1.807) is 19.9 Å². The molecule has 0 spiro atoms. The summed E-state index contributed by atoms with van der Waals surface area (Å²) in [5, 5.41) is 20.6. The van der Waals surface area contributed by atoms with Crippen LogP contribution in [0.3, 0.4) is 0 Å². The van der Waals surface area contributed by atoms with Crippen molar-refractivity contribution in [2.24, 2.45) is 7.05 Å². The Labute approximate surface area is 130 Å². The van der Waals surface area contributed by atoms with Gasteiger partial charge in [0.25, 0.3) is 5.56 Å². The molecule has 2 unspecified atom stereocenters. The van der Waals surface area contributed by atoms with E-state index in [0.29, 0.717) is 0 Å². The summed E-state index contributed by atoms with van der Waals surface area (Å²) in [7, 11) is 1.55. The first-order valence-corrected chi connectivity index (χ1v) is 6.70. The summed E-state index contributed by atoms with van der Waals surface area (Å²) in [6.07, 6.45) is 2.07. The second-order valence-electron chi connectivity index (χ2n) is 4.87. The second-order valence-corrected chi connectivity index (χ2v) is 4.87. The fourth-order valence-corrected chi connectivity index (χ4v) is 2.25. The Morgan fingerprint density at radius 3 is 3.00 bits per heavy atom. The number of aryl methyl sites for hydroxylation is 1. The number of nitriles is 1. The number of hydrogen-bond acceptors (Lipinski definition) is 8. The number of fused-ring (bicyclic) bond motifs is 1. The maximum atomic E-state index is 12.5. The van der Waals surface area contributed by atoms with Crippen molar-refractivity contribution < 1.29 is 14.3 Å². The van der Waals surface area contributed by atoms with Gasteiger partial charge in [-0.2, -0.15) is 15.0 Å². The molecule has 2 radical (unpaired) electrons. The lowest BCUT2D eigenvalue weighted by atomic mass is 10.2. The lowest BCUT2D eigenvalue weighted by Crippen LogP contribution is -2.30. The third-order valence-corrected chi connectivity index (χ3v) is 3.28. The van der Waals surface area contributed by atoms with Crippen LogP contribution in [0.25, 0.3) is 11.0 Å². The number of ether oxygens (including phenoxy) is 2. The summed E-state index contributed by atoms with van der Waals surface area (Å²) in [5.41, 5.74) is -0.129. The molecule has 0 aromatic carbocycles. The topological polar surface area (TPSA) is 125 Å². The van der Waals surface area contributed by atoms with Crippen molar-refractivity contribution in [2.75, 3.05) is 6.61 Å². The smallest absolute Gasteiger partial charge is 0.302 e. The maximum Gasteiger partial charge on any atom is 0.302 e. The van der Waals surface area contributed by atoms with E-state index in [1.807, 2.05) is 6.07 Å². The van der Waals surface area contributed by atoms with E-state index in [2.05, 4.69) is 15.4 Å². The SMILES string of the molecule is CC(=O)OCC1[CH][CH]C(n2nnc3c(C#N)nn(C)c3c2=O)O1. The molecule has 1 saturated heterocycles. The van der Waals surface area contributed by atoms with Gasteiger partial charge in [0.2, 0.25) is 0 Å². The molecule has 0 bridgehead atoms. The van der Waals surface area contributed by atoms with Crippen LogP contribution < -0.4 is 5.56 Å². The van der Waals surface area contributed by atoms with Gasteiger partial charge in [-0.3, -0.25) is 14.3 Å². The van der Waals surface area contributed by atoms with Gasteiger partial charge in [-0.1, -0.05) is 5.21 Å². The van der Waals surface area contributed by atoms with Gasteiger partial charge in [-0.15, -0.1) is 5.10 Å². The zero-order valence-corrected chi connectivity index (χ0v) is 12.3. The van der Waals surface area contributed by atoms with E-state index < -0.39 is 23.9 Å². The third-order valence-electron chi connectivity index (χ3n) is 3.28. The van der Waals surface area contributed by atoms with Gasteiger partial charge < -0.3 is 9.47 Å². The molecule has 1 fully saturated rings. The van der Waals surface area contributed by atoms with Crippen molar-refractivity contribution in [3.8, 4) is 6.07 Å². The Morgan fingerprint density at radius 2 is 2.30 bits per heavy atom. The second kappa shape index (κ2) is 5.77. The molecule has 0 N–H and O–H groups in total. The fraction of sp³-hybridized carbons (Fsp3) is 0.385. The highest BCUT2D eigenvalue weighted by atomic mass is 16.6. The number of carbonyl (C=O) groups excluding carboxylic acids is 1. The summed E-state index contributed by atoms with van der Waals surface area (Å²) in [5.74, 6) is -0.414. The van der Waals surface area contributed by atoms with Crippen LogP contribution in [0.2, 0.25) is 0 Å². The molecule has 23 heavy (non-hydrogen) atoms. The van der Waals surface area contributed by atoms with Crippen molar-refractivity contribution in [1.29, 1.82) is 5.26 Å². The summed E-state index contributed by atoms with van der Waals surface area (Å²) in [4.78, 5) is 23.3. The van der Waals surface area contributed by atoms with Gasteiger partial charge in [-0.25, -0.2) is 0 Å². The van der Waals surface area contributed by atoms with E-state index >= 15 is 0 Å². The van der Waals surface area contributed by atoms with Gasteiger partial charge in [-0.05, 0) is 0 Å². The zero-order valence-electron chi connectivity index (χ0n) is 12.3. The minimum atomic E-state index is -0.764. The monoisotopic (exact) mass is 316 g/mol. The van der Waals surface area contributed by atoms with Crippen molar-refractivity contribution in [3.63, 3.8) is 0 Å². The van der Waals surface area contributed by atoms with Crippen LogP contribution >= 0.6 is 0 Å². The molecular weight excluding hydrogens is 304 g/mol. The first kappa shape index (κ1) is 15.1. The molecule has 0 aliphatic carbocycles. The predicted molar refractivity (Wildman–Crippen MR) is 74.4 cm³/mol. The Morgan fingerprint density at radius 1 is 1.52 bits per heavy atom. The molecule has 2 aromatic heterocycles.